The summed E-state index contributed by atoms with van der Waals surface area (Å²) >= 11 is 0. The van der Waals surface area contributed by atoms with Crippen molar-refractivity contribution in [2.75, 3.05) is 26.2 Å². The molecule has 1 saturated heterocycles. The molecular formula is C16H31N3O. The molecule has 2 aliphatic rings. The Morgan fingerprint density at radius 1 is 1.30 bits per heavy atom. The molecule has 1 atom stereocenters. The normalized spacial score (nSPS) is 27.6. The maximum absolute atomic E-state index is 9.34. The van der Waals surface area contributed by atoms with Crippen molar-refractivity contribution >= 4 is 5.96 Å². The predicted octanol–water partition coefficient (Wildman–Crippen LogP) is 2.37. The van der Waals surface area contributed by atoms with E-state index in [9.17, 15) is 5.11 Å². The highest BCUT2D eigenvalue weighted by atomic mass is 16.3. The number of nitrogens with two attached hydrogens (primary N) is 1. The van der Waals surface area contributed by atoms with Gasteiger partial charge < -0.3 is 15.7 Å². The van der Waals surface area contributed by atoms with Crippen molar-refractivity contribution in [1.82, 2.24) is 4.90 Å². The molecule has 20 heavy (non-hydrogen) atoms. The zero-order valence-electron chi connectivity index (χ0n) is 13.0. The number of aliphatic imine (C=N–C) groups is 1. The van der Waals surface area contributed by atoms with E-state index in [-0.39, 0.29) is 12.0 Å². The molecule has 1 unspecified atom stereocenters. The van der Waals surface area contributed by atoms with Crippen LogP contribution in [0.2, 0.25) is 0 Å². The van der Waals surface area contributed by atoms with Crippen LogP contribution in [-0.2, 0) is 0 Å². The number of nitrogens with zero attached hydrogens (tertiary/aromatic N) is 2. The monoisotopic (exact) mass is 281 g/mol. The summed E-state index contributed by atoms with van der Waals surface area (Å²) < 4.78 is 0. The number of aliphatic hydroxyl groups is 1. The van der Waals surface area contributed by atoms with E-state index < -0.39 is 0 Å². The summed E-state index contributed by atoms with van der Waals surface area (Å²) in [6, 6.07) is 0. The number of hydrogen-bond donors (Lipinski definition) is 2. The van der Waals surface area contributed by atoms with Crippen molar-refractivity contribution in [2.45, 2.75) is 58.3 Å². The third-order valence-corrected chi connectivity index (χ3v) is 5.11. The van der Waals surface area contributed by atoms with E-state index in [1.807, 2.05) is 0 Å². The van der Waals surface area contributed by atoms with Crippen molar-refractivity contribution in [3.8, 4) is 0 Å². The van der Waals surface area contributed by atoms with Gasteiger partial charge in [-0.15, -0.1) is 0 Å². The standard InChI is InChI=1S/C16H31N3O/c1-14-6-5-10-19(12-14)15(17)18-13-16(9-11-20)7-3-2-4-8-16/h14,20H,2-13H2,1H3,(H2,17,18). The molecule has 0 aromatic rings. The fraction of sp³-hybridized carbons (Fsp3) is 0.938. The molecule has 116 valence electrons. The minimum Gasteiger partial charge on any atom is -0.396 e. The molecule has 2 fully saturated rings. The third-order valence-electron chi connectivity index (χ3n) is 5.11. The number of hydrogen-bond acceptors (Lipinski definition) is 2. The van der Waals surface area contributed by atoms with Crippen LogP contribution < -0.4 is 5.73 Å². The van der Waals surface area contributed by atoms with E-state index in [1.165, 1.54) is 44.9 Å². The van der Waals surface area contributed by atoms with Gasteiger partial charge in [0.2, 0.25) is 0 Å². The molecule has 4 nitrogen and oxygen atoms in total. The first-order chi connectivity index (χ1) is 9.65. The molecular weight excluding hydrogens is 250 g/mol. The van der Waals surface area contributed by atoms with Crippen LogP contribution in [0.25, 0.3) is 0 Å². The van der Waals surface area contributed by atoms with Crippen molar-refractivity contribution in [1.29, 1.82) is 0 Å². The van der Waals surface area contributed by atoms with Crippen LogP contribution >= 0.6 is 0 Å². The summed E-state index contributed by atoms with van der Waals surface area (Å²) in [5.41, 5.74) is 6.40. The molecule has 3 N–H and O–H groups in total. The molecule has 0 aromatic carbocycles. The molecule has 0 bridgehead atoms. The third kappa shape index (κ3) is 4.11. The van der Waals surface area contributed by atoms with Crippen LogP contribution in [0.3, 0.4) is 0 Å². The zero-order valence-corrected chi connectivity index (χ0v) is 13.0. The van der Waals surface area contributed by atoms with Crippen LogP contribution in [0.15, 0.2) is 4.99 Å². The lowest BCUT2D eigenvalue weighted by molar-refractivity contribution is 0.137. The van der Waals surface area contributed by atoms with Crippen LogP contribution in [0.1, 0.15) is 58.3 Å². The second kappa shape index (κ2) is 7.30. The molecule has 0 spiro atoms. The fourth-order valence-corrected chi connectivity index (χ4v) is 3.77. The average Bonchev–Trinajstić information content (AvgIpc) is 2.46. The van der Waals surface area contributed by atoms with Crippen molar-refractivity contribution in [2.24, 2.45) is 22.1 Å². The highest BCUT2D eigenvalue weighted by Crippen LogP contribution is 2.39. The van der Waals surface area contributed by atoms with Gasteiger partial charge in [-0.2, -0.15) is 0 Å². The summed E-state index contributed by atoms with van der Waals surface area (Å²) in [5, 5.41) is 9.34. The first-order valence-electron chi connectivity index (χ1n) is 8.31. The van der Waals surface area contributed by atoms with Crippen molar-refractivity contribution < 1.29 is 5.11 Å². The van der Waals surface area contributed by atoms with Gasteiger partial charge in [-0.1, -0.05) is 26.2 Å². The summed E-state index contributed by atoms with van der Waals surface area (Å²) in [6.45, 7) is 5.45. The highest BCUT2D eigenvalue weighted by molar-refractivity contribution is 5.78. The quantitative estimate of drug-likeness (QED) is 0.614. The summed E-state index contributed by atoms with van der Waals surface area (Å²) in [5.74, 6) is 1.44. The molecule has 0 amide bonds. The van der Waals surface area contributed by atoms with Crippen LogP contribution in [0.5, 0.6) is 0 Å². The van der Waals surface area contributed by atoms with Crippen molar-refractivity contribution in [3.05, 3.63) is 0 Å². The van der Waals surface area contributed by atoms with Gasteiger partial charge in [0.25, 0.3) is 0 Å². The summed E-state index contributed by atoms with van der Waals surface area (Å²) in [6.07, 6.45) is 9.67. The maximum Gasteiger partial charge on any atom is 0.191 e. The van der Waals surface area contributed by atoms with E-state index in [1.54, 1.807) is 0 Å². The maximum atomic E-state index is 9.34. The Labute approximate surface area is 123 Å². The Morgan fingerprint density at radius 2 is 2.05 bits per heavy atom. The minimum atomic E-state index is 0.207. The number of rotatable bonds is 4. The Balaban J connectivity index is 1.94. The Morgan fingerprint density at radius 3 is 2.70 bits per heavy atom. The van der Waals surface area contributed by atoms with Gasteiger partial charge in [0.05, 0.1) is 0 Å². The lowest BCUT2D eigenvalue weighted by Crippen LogP contribution is -2.44. The van der Waals surface area contributed by atoms with E-state index in [4.69, 9.17) is 10.7 Å². The van der Waals surface area contributed by atoms with Gasteiger partial charge in [0.15, 0.2) is 5.96 Å². The number of piperidine rings is 1. The largest absolute Gasteiger partial charge is 0.396 e. The molecule has 1 heterocycles. The number of likely N-dealkylation sites (tertiary alicyclic amines) is 1. The van der Waals surface area contributed by atoms with Crippen LogP contribution in [-0.4, -0.2) is 42.2 Å². The van der Waals surface area contributed by atoms with Gasteiger partial charge in [0.1, 0.15) is 0 Å². The molecule has 1 aliphatic carbocycles. The first-order valence-corrected chi connectivity index (χ1v) is 8.31. The van der Waals surface area contributed by atoms with Gasteiger partial charge in [-0.05, 0) is 43.4 Å². The molecule has 1 aliphatic heterocycles. The lowest BCUT2D eigenvalue weighted by atomic mass is 9.72. The van der Waals surface area contributed by atoms with Gasteiger partial charge in [-0.25, -0.2) is 0 Å². The summed E-state index contributed by atoms with van der Waals surface area (Å²) in [7, 11) is 0. The SMILES string of the molecule is CC1CCCN(C(N)=NCC2(CCO)CCCCC2)C1. The number of guanidine groups is 1. The van der Waals surface area contributed by atoms with Crippen LogP contribution in [0.4, 0.5) is 0 Å². The zero-order chi connectivity index (χ0) is 14.4. The van der Waals surface area contributed by atoms with E-state index >= 15 is 0 Å². The molecule has 0 aromatic heterocycles. The topological polar surface area (TPSA) is 61.8 Å². The van der Waals surface area contributed by atoms with Crippen LogP contribution in [0, 0.1) is 11.3 Å². The van der Waals surface area contributed by atoms with Crippen molar-refractivity contribution in [3.63, 3.8) is 0 Å². The van der Waals surface area contributed by atoms with E-state index in [0.717, 1.165) is 37.9 Å². The predicted molar refractivity (Wildman–Crippen MR) is 83.7 cm³/mol. The molecule has 0 radical (unpaired) electrons. The van der Waals surface area contributed by atoms with E-state index in [0.29, 0.717) is 0 Å². The fourth-order valence-electron chi connectivity index (χ4n) is 3.77. The van der Waals surface area contributed by atoms with E-state index in [2.05, 4.69) is 11.8 Å². The second-order valence-corrected chi connectivity index (χ2v) is 6.90. The first kappa shape index (κ1) is 15.6. The molecule has 4 heteroatoms. The van der Waals surface area contributed by atoms with Gasteiger partial charge >= 0.3 is 0 Å². The Kier molecular flexibility index (Phi) is 5.70. The Hall–Kier alpha value is -0.770. The molecule has 2 rings (SSSR count). The lowest BCUT2D eigenvalue weighted by Gasteiger charge is -2.37. The second-order valence-electron chi connectivity index (χ2n) is 6.90. The number of aliphatic hydroxyl groups excluding tert-OH is 1. The van der Waals surface area contributed by atoms with Gasteiger partial charge in [0, 0.05) is 26.2 Å². The molecule has 1 saturated carbocycles. The summed E-state index contributed by atoms with van der Waals surface area (Å²) in [4.78, 5) is 6.95. The Bertz CT molecular complexity index is 318. The minimum absolute atomic E-state index is 0.207. The van der Waals surface area contributed by atoms with Gasteiger partial charge in [-0.3, -0.25) is 4.99 Å². The highest BCUT2D eigenvalue weighted by Gasteiger charge is 2.31. The average molecular weight is 281 g/mol. The smallest absolute Gasteiger partial charge is 0.191 e.